The first-order chi connectivity index (χ1) is 15.0. The number of aryl methyl sites for hydroxylation is 1. The number of carbonyl (C=O) groups excluding carboxylic acids is 3. The molecule has 10 nitrogen and oxygen atoms in total. The number of nitrogens with one attached hydrogen (secondary N) is 2. The molecule has 0 aliphatic heterocycles. The summed E-state index contributed by atoms with van der Waals surface area (Å²) in [6.45, 7) is 6.71. The molecule has 2 amide bonds. The summed E-state index contributed by atoms with van der Waals surface area (Å²) in [7, 11) is 1.74. The third kappa shape index (κ3) is 7.29. The molecule has 0 aliphatic rings. The highest BCUT2D eigenvalue weighted by molar-refractivity contribution is 5.83. The van der Waals surface area contributed by atoms with Crippen molar-refractivity contribution in [3.05, 3.63) is 36.0 Å². The largest absolute Gasteiger partial charge is 0.507 e. The van der Waals surface area contributed by atoms with Crippen molar-refractivity contribution in [1.29, 1.82) is 0 Å². The Morgan fingerprint density at radius 3 is 2.53 bits per heavy atom. The van der Waals surface area contributed by atoms with Gasteiger partial charge in [-0.25, -0.2) is 4.79 Å². The van der Waals surface area contributed by atoms with Crippen molar-refractivity contribution in [2.75, 3.05) is 13.2 Å². The van der Waals surface area contributed by atoms with Gasteiger partial charge < -0.3 is 25.2 Å². The Morgan fingerprint density at radius 1 is 1.22 bits per heavy atom. The Morgan fingerprint density at radius 2 is 1.94 bits per heavy atom. The molecule has 0 saturated carbocycles. The minimum atomic E-state index is -0.741. The molecular weight excluding hydrogens is 416 g/mol. The first kappa shape index (κ1) is 24.7. The molecular formula is C22H30N4O6. The summed E-state index contributed by atoms with van der Waals surface area (Å²) in [5, 5.41) is 19.5. The van der Waals surface area contributed by atoms with Crippen LogP contribution in [0.4, 0.5) is 4.79 Å². The second-order valence-corrected chi connectivity index (χ2v) is 8.10. The number of alkyl carbamates (subject to hydrolysis) is 1. The summed E-state index contributed by atoms with van der Waals surface area (Å²) >= 11 is 0. The number of rotatable bonds is 8. The predicted octanol–water partition coefficient (Wildman–Crippen LogP) is 2.43. The van der Waals surface area contributed by atoms with Gasteiger partial charge in [0, 0.05) is 18.8 Å². The summed E-state index contributed by atoms with van der Waals surface area (Å²) < 4.78 is 11.7. The van der Waals surface area contributed by atoms with Crippen LogP contribution in [0.5, 0.6) is 5.75 Å². The topological polar surface area (TPSA) is 132 Å². The Bertz CT molecular complexity index is 964. The number of nitrogens with zero attached hydrogens (tertiary/aromatic N) is 2. The molecule has 0 radical (unpaired) electrons. The fourth-order valence-electron chi connectivity index (χ4n) is 2.96. The van der Waals surface area contributed by atoms with Crippen molar-refractivity contribution in [3.8, 4) is 17.0 Å². The molecule has 174 valence electrons. The fourth-order valence-corrected chi connectivity index (χ4v) is 2.96. The lowest BCUT2D eigenvalue weighted by Crippen LogP contribution is -2.41. The van der Waals surface area contributed by atoms with Crippen molar-refractivity contribution in [1.82, 2.24) is 20.4 Å². The van der Waals surface area contributed by atoms with Crippen LogP contribution in [0.2, 0.25) is 0 Å². The summed E-state index contributed by atoms with van der Waals surface area (Å²) in [4.78, 5) is 36.4. The molecule has 2 aromatic rings. The van der Waals surface area contributed by atoms with Crippen molar-refractivity contribution >= 4 is 18.0 Å². The number of hydrogen-bond acceptors (Lipinski definition) is 7. The SMILES string of the molecule is CCOC(=O)C[C@H](NC(=O)CNC(=O)OC(C)(C)C)c1ccc(O)c(-c2ccnn2C)c1. The summed E-state index contributed by atoms with van der Waals surface area (Å²) in [5.41, 5.74) is 1.05. The van der Waals surface area contributed by atoms with Crippen molar-refractivity contribution in [3.63, 3.8) is 0 Å². The van der Waals surface area contributed by atoms with Crippen LogP contribution in [0.25, 0.3) is 11.3 Å². The third-order valence-electron chi connectivity index (χ3n) is 4.32. The van der Waals surface area contributed by atoms with Crippen LogP contribution in [0, 0.1) is 0 Å². The van der Waals surface area contributed by atoms with Gasteiger partial charge in [0.25, 0.3) is 0 Å². The maximum absolute atomic E-state index is 12.5. The Kier molecular flexibility index (Phi) is 8.22. The Balaban J connectivity index is 2.20. The number of phenolic OH excluding ortho intramolecular Hbond substituents is 1. The van der Waals surface area contributed by atoms with E-state index in [2.05, 4.69) is 15.7 Å². The maximum atomic E-state index is 12.5. The number of phenols is 1. The van der Waals surface area contributed by atoms with Gasteiger partial charge >= 0.3 is 12.1 Å². The number of amides is 2. The summed E-state index contributed by atoms with van der Waals surface area (Å²) in [6.07, 6.45) is 0.751. The first-order valence-corrected chi connectivity index (χ1v) is 10.2. The van der Waals surface area contributed by atoms with E-state index < -0.39 is 29.6 Å². The van der Waals surface area contributed by atoms with Gasteiger partial charge in [-0.1, -0.05) is 6.07 Å². The van der Waals surface area contributed by atoms with Crippen LogP contribution in [-0.4, -0.2) is 51.6 Å². The van der Waals surface area contributed by atoms with Gasteiger partial charge in [-0.05, 0) is 51.5 Å². The number of carbonyl (C=O) groups is 3. The lowest BCUT2D eigenvalue weighted by atomic mass is 9.99. The average Bonchev–Trinajstić information content (AvgIpc) is 3.11. The molecule has 1 aromatic heterocycles. The van der Waals surface area contributed by atoms with E-state index in [4.69, 9.17) is 9.47 Å². The van der Waals surface area contributed by atoms with E-state index >= 15 is 0 Å². The fraction of sp³-hybridized carbons (Fsp3) is 0.455. The Hall–Kier alpha value is -3.56. The van der Waals surface area contributed by atoms with E-state index in [0.717, 1.165) is 0 Å². The highest BCUT2D eigenvalue weighted by Crippen LogP contribution is 2.32. The van der Waals surface area contributed by atoms with E-state index in [-0.39, 0.29) is 25.3 Å². The van der Waals surface area contributed by atoms with Gasteiger partial charge in [-0.2, -0.15) is 5.10 Å². The van der Waals surface area contributed by atoms with E-state index in [9.17, 15) is 19.5 Å². The molecule has 1 aromatic carbocycles. The van der Waals surface area contributed by atoms with E-state index in [0.29, 0.717) is 16.8 Å². The second kappa shape index (κ2) is 10.7. The average molecular weight is 447 g/mol. The van der Waals surface area contributed by atoms with E-state index in [1.165, 1.54) is 6.07 Å². The number of esters is 1. The van der Waals surface area contributed by atoms with Gasteiger partial charge in [0.2, 0.25) is 5.91 Å². The maximum Gasteiger partial charge on any atom is 0.408 e. The number of aromatic hydroxyl groups is 1. The second-order valence-electron chi connectivity index (χ2n) is 8.10. The number of ether oxygens (including phenoxy) is 2. The van der Waals surface area contributed by atoms with Gasteiger partial charge in [-0.3, -0.25) is 14.3 Å². The Labute approximate surface area is 186 Å². The molecule has 1 atom stereocenters. The van der Waals surface area contributed by atoms with Gasteiger partial charge in [0.1, 0.15) is 17.9 Å². The molecule has 10 heteroatoms. The highest BCUT2D eigenvalue weighted by Gasteiger charge is 2.22. The molecule has 2 rings (SSSR count). The van der Waals surface area contributed by atoms with E-state index in [1.54, 1.807) is 63.8 Å². The quantitative estimate of drug-likeness (QED) is 0.531. The molecule has 0 aliphatic carbocycles. The monoisotopic (exact) mass is 446 g/mol. The lowest BCUT2D eigenvalue weighted by molar-refractivity contribution is -0.143. The molecule has 0 saturated heterocycles. The van der Waals surface area contributed by atoms with Crippen LogP contribution in [0.1, 0.15) is 45.7 Å². The van der Waals surface area contributed by atoms with Crippen LogP contribution >= 0.6 is 0 Å². The van der Waals surface area contributed by atoms with Crippen molar-refractivity contribution in [2.45, 2.75) is 45.8 Å². The van der Waals surface area contributed by atoms with Crippen LogP contribution < -0.4 is 10.6 Å². The molecule has 0 spiro atoms. The van der Waals surface area contributed by atoms with Crippen molar-refractivity contribution < 1.29 is 29.0 Å². The molecule has 0 fully saturated rings. The lowest BCUT2D eigenvalue weighted by Gasteiger charge is -2.21. The summed E-state index contributed by atoms with van der Waals surface area (Å²) in [6, 6.07) is 5.77. The molecule has 32 heavy (non-hydrogen) atoms. The highest BCUT2D eigenvalue weighted by atomic mass is 16.6. The minimum Gasteiger partial charge on any atom is -0.507 e. The molecule has 1 heterocycles. The van der Waals surface area contributed by atoms with E-state index in [1.807, 2.05) is 0 Å². The smallest absolute Gasteiger partial charge is 0.408 e. The zero-order valence-electron chi connectivity index (χ0n) is 19.0. The predicted molar refractivity (Wildman–Crippen MR) is 117 cm³/mol. The van der Waals surface area contributed by atoms with Gasteiger partial charge in [0.05, 0.1) is 24.8 Å². The first-order valence-electron chi connectivity index (χ1n) is 10.2. The zero-order chi connectivity index (χ0) is 23.9. The molecule has 0 bridgehead atoms. The summed E-state index contributed by atoms with van der Waals surface area (Å²) in [5.74, 6) is -0.974. The number of aromatic nitrogens is 2. The van der Waals surface area contributed by atoms with Gasteiger partial charge in [0.15, 0.2) is 0 Å². The molecule has 0 unspecified atom stereocenters. The third-order valence-corrected chi connectivity index (χ3v) is 4.32. The van der Waals surface area contributed by atoms with Crippen LogP contribution in [0.3, 0.4) is 0 Å². The number of benzene rings is 1. The van der Waals surface area contributed by atoms with Crippen LogP contribution in [-0.2, 0) is 26.1 Å². The standard InChI is InChI=1S/C22H30N4O6/c1-6-31-20(29)12-16(25-19(28)13-23-21(30)32-22(2,3)4)14-7-8-18(27)15(11-14)17-9-10-24-26(17)5/h7-11,16,27H,6,12-13H2,1-5H3,(H,23,30)(H,25,28)/t16-/m0/s1. The van der Waals surface area contributed by atoms with Crippen molar-refractivity contribution in [2.24, 2.45) is 7.05 Å². The van der Waals surface area contributed by atoms with Crippen LogP contribution in [0.15, 0.2) is 30.5 Å². The zero-order valence-corrected chi connectivity index (χ0v) is 19.0. The molecule has 3 N–H and O–H groups in total. The van der Waals surface area contributed by atoms with Gasteiger partial charge in [-0.15, -0.1) is 0 Å². The number of hydrogen-bond donors (Lipinski definition) is 3. The minimum absolute atomic E-state index is 0.0325. The normalized spacial score (nSPS) is 12.0.